The van der Waals surface area contributed by atoms with Crippen LogP contribution < -0.4 is 19.9 Å². The largest absolute Gasteiger partial charge is 0.760 e. The van der Waals surface area contributed by atoms with E-state index in [2.05, 4.69) is 52.8 Å². The molecule has 0 spiro atoms. The molecule has 0 saturated heterocycles. The molecule has 1 atom stereocenters. The molecule has 1 unspecified atom stereocenters. The molecule has 9 nitrogen and oxygen atoms in total. The van der Waals surface area contributed by atoms with E-state index in [0.29, 0.717) is 43.6 Å². The van der Waals surface area contributed by atoms with Crippen LogP contribution >= 0.6 is 0 Å². The fourth-order valence-corrected chi connectivity index (χ4v) is 3.88. The molecule has 0 aliphatic carbocycles. The lowest BCUT2D eigenvalue weighted by molar-refractivity contribution is 0.118. The average Bonchev–Trinajstić information content (AvgIpc) is 2.91. The molecule has 0 amide bonds. The number of aromatic nitrogens is 2. The van der Waals surface area contributed by atoms with Gasteiger partial charge in [0.25, 0.3) is 0 Å². The molecule has 0 radical (unpaired) electrons. The molecule has 1 aromatic heterocycles. The third kappa shape index (κ3) is 9.49. The Morgan fingerprint density at radius 2 is 1.54 bits per heavy atom. The highest BCUT2D eigenvalue weighted by molar-refractivity contribution is 7.77. The summed E-state index contributed by atoms with van der Waals surface area (Å²) in [4.78, 5) is 8.36. The first-order valence-corrected chi connectivity index (χ1v) is 13.3. The van der Waals surface area contributed by atoms with Gasteiger partial charge in [0, 0.05) is 42.5 Å². The van der Waals surface area contributed by atoms with Crippen LogP contribution in [0, 0.1) is 0 Å². The first-order chi connectivity index (χ1) is 17.9. The average molecular weight is 528 g/mol. The summed E-state index contributed by atoms with van der Waals surface area (Å²) in [6.45, 7) is 7.29. The Balaban J connectivity index is 1.50. The maximum atomic E-state index is 10.7. The highest BCUT2D eigenvalue weighted by Crippen LogP contribution is 2.33. The number of benzene rings is 2. The monoisotopic (exact) mass is 527 g/mol. The van der Waals surface area contributed by atoms with Crippen LogP contribution in [0.3, 0.4) is 0 Å². The summed E-state index contributed by atoms with van der Waals surface area (Å²) in [7, 11) is 0. The van der Waals surface area contributed by atoms with Crippen molar-refractivity contribution in [1.82, 2.24) is 14.7 Å². The van der Waals surface area contributed by atoms with Gasteiger partial charge in [-0.05, 0) is 54.4 Å². The Hall–Kier alpha value is -2.89. The van der Waals surface area contributed by atoms with Gasteiger partial charge in [0.1, 0.15) is 23.9 Å². The van der Waals surface area contributed by atoms with E-state index in [1.54, 1.807) is 12.3 Å². The zero-order valence-electron chi connectivity index (χ0n) is 21.4. The Labute approximate surface area is 221 Å². The molecular weight excluding hydrogens is 492 g/mol. The SMILES string of the molecule is CC(C)(c1ccc(OCCCOCCCN)cc1)c1ccc(OCc2ccnc(CNS(=O)[O-])n2)cc1. The molecule has 3 rings (SSSR count). The fraction of sp³-hybridized carbons (Fsp3) is 0.407. The minimum atomic E-state index is -2.36. The van der Waals surface area contributed by atoms with Crippen LogP contribution in [-0.4, -0.2) is 45.1 Å². The lowest BCUT2D eigenvalue weighted by Crippen LogP contribution is -2.18. The van der Waals surface area contributed by atoms with Crippen molar-refractivity contribution >= 4 is 11.3 Å². The van der Waals surface area contributed by atoms with Gasteiger partial charge in [-0.2, -0.15) is 0 Å². The summed E-state index contributed by atoms with van der Waals surface area (Å²) < 4.78 is 40.8. The number of hydrogen-bond acceptors (Lipinski definition) is 8. The van der Waals surface area contributed by atoms with Crippen molar-refractivity contribution in [2.75, 3.05) is 26.4 Å². The van der Waals surface area contributed by atoms with Gasteiger partial charge in [-0.25, -0.2) is 14.7 Å². The van der Waals surface area contributed by atoms with Crippen LogP contribution in [0.25, 0.3) is 0 Å². The van der Waals surface area contributed by atoms with E-state index in [4.69, 9.17) is 19.9 Å². The van der Waals surface area contributed by atoms with Gasteiger partial charge in [-0.15, -0.1) is 0 Å². The van der Waals surface area contributed by atoms with E-state index in [1.807, 2.05) is 24.3 Å². The topological polar surface area (TPSA) is 132 Å². The first kappa shape index (κ1) is 28.7. The zero-order valence-corrected chi connectivity index (χ0v) is 22.2. The molecule has 3 N–H and O–H groups in total. The maximum absolute atomic E-state index is 10.7. The van der Waals surface area contributed by atoms with Crippen molar-refractivity contribution in [3.8, 4) is 11.5 Å². The summed E-state index contributed by atoms with van der Waals surface area (Å²) in [6.07, 6.45) is 3.30. The van der Waals surface area contributed by atoms with E-state index in [9.17, 15) is 8.76 Å². The third-order valence-electron chi connectivity index (χ3n) is 5.84. The first-order valence-electron chi connectivity index (χ1n) is 12.3. The molecule has 1 heterocycles. The molecule has 0 fully saturated rings. The van der Waals surface area contributed by atoms with Gasteiger partial charge >= 0.3 is 0 Å². The number of nitrogens with zero attached hydrogens (tertiary/aromatic N) is 2. The minimum absolute atomic E-state index is 0.0332. The standard InChI is InChI=1S/C27H36N4O5S/c1-27(2,21-5-9-24(10-6-21)35-18-4-17-34-16-3-14-28)22-7-11-25(12-8-22)36-20-23-13-15-29-26(31-23)19-30-37(32)33/h5-13,15,30H,3-4,14,16-20,28H2,1-2H3,(H,32,33)/p-1. The normalized spacial score (nSPS) is 12.3. The van der Waals surface area contributed by atoms with Crippen molar-refractivity contribution in [2.45, 2.75) is 45.3 Å². The Kier molecular flexibility index (Phi) is 11.4. The quantitative estimate of drug-likeness (QED) is 0.214. The molecule has 0 saturated carbocycles. The highest BCUT2D eigenvalue weighted by Gasteiger charge is 2.23. The van der Waals surface area contributed by atoms with Crippen LogP contribution in [0.1, 0.15) is 49.3 Å². The summed E-state index contributed by atoms with van der Waals surface area (Å²) in [5, 5.41) is 0. The molecule has 0 aliphatic heterocycles. The van der Waals surface area contributed by atoms with Crippen molar-refractivity contribution in [2.24, 2.45) is 5.73 Å². The minimum Gasteiger partial charge on any atom is -0.760 e. The predicted octanol–water partition coefficient (Wildman–Crippen LogP) is 3.40. The van der Waals surface area contributed by atoms with E-state index in [-0.39, 0.29) is 18.6 Å². The maximum Gasteiger partial charge on any atom is 0.143 e. The number of nitrogens with one attached hydrogen (secondary N) is 1. The van der Waals surface area contributed by atoms with Gasteiger partial charge in [0.15, 0.2) is 0 Å². The highest BCUT2D eigenvalue weighted by atomic mass is 32.2. The van der Waals surface area contributed by atoms with Gasteiger partial charge < -0.3 is 24.5 Å². The molecular formula is C27H35N4O5S-. The Morgan fingerprint density at radius 1 is 0.919 bits per heavy atom. The van der Waals surface area contributed by atoms with Crippen molar-refractivity contribution < 1.29 is 23.0 Å². The Morgan fingerprint density at radius 3 is 2.16 bits per heavy atom. The van der Waals surface area contributed by atoms with E-state index < -0.39 is 11.3 Å². The van der Waals surface area contributed by atoms with Crippen molar-refractivity contribution in [3.05, 3.63) is 83.4 Å². The molecule has 0 aliphatic rings. The molecule has 37 heavy (non-hydrogen) atoms. The van der Waals surface area contributed by atoms with Gasteiger partial charge in [0.2, 0.25) is 0 Å². The lowest BCUT2D eigenvalue weighted by Gasteiger charge is -2.26. The summed E-state index contributed by atoms with van der Waals surface area (Å²) >= 11 is -2.36. The Bertz CT molecular complexity index is 1110. The van der Waals surface area contributed by atoms with Crippen LogP contribution in [0.4, 0.5) is 0 Å². The number of nitrogens with two attached hydrogens (primary N) is 1. The van der Waals surface area contributed by atoms with Crippen molar-refractivity contribution in [1.29, 1.82) is 0 Å². The van der Waals surface area contributed by atoms with Crippen LogP contribution in [-0.2, 0) is 34.6 Å². The second kappa shape index (κ2) is 14.7. The smallest absolute Gasteiger partial charge is 0.143 e. The molecule has 2 aromatic carbocycles. The van der Waals surface area contributed by atoms with E-state index >= 15 is 0 Å². The second-order valence-corrected chi connectivity index (χ2v) is 9.70. The van der Waals surface area contributed by atoms with Gasteiger partial charge in [-0.1, -0.05) is 38.1 Å². The van der Waals surface area contributed by atoms with E-state index in [0.717, 1.165) is 24.2 Å². The van der Waals surface area contributed by atoms with Crippen molar-refractivity contribution in [3.63, 3.8) is 0 Å². The summed E-state index contributed by atoms with van der Waals surface area (Å²) in [5.74, 6) is 1.94. The molecule has 200 valence electrons. The zero-order chi connectivity index (χ0) is 26.5. The van der Waals surface area contributed by atoms with Gasteiger partial charge in [-0.3, -0.25) is 4.21 Å². The molecule has 10 heteroatoms. The van der Waals surface area contributed by atoms with Crippen LogP contribution in [0.5, 0.6) is 11.5 Å². The number of rotatable bonds is 16. The predicted molar refractivity (Wildman–Crippen MR) is 142 cm³/mol. The summed E-state index contributed by atoms with van der Waals surface area (Å²) in [6, 6.07) is 17.9. The third-order valence-corrected chi connectivity index (χ3v) is 6.22. The molecule has 0 bridgehead atoms. The number of ether oxygens (including phenoxy) is 3. The second-order valence-electron chi connectivity index (χ2n) is 8.94. The molecule has 3 aromatic rings. The van der Waals surface area contributed by atoms with E-state index in [1.165, 1.54) is 5.56 Å². The van der Waals surface area contributed by atoms with Crippen LogP contribution in [0.2, 0.25) is 0 Å². The summed E-state index contributed by atoms with van der Waals surface area (Å²) in [5.41, 5.74) is 8.25. The van der Waals surface area contributed by atoms with Crippen LogP contribution in [0.15, 0.2) is 60.8 Å². The number of hydrogen-bond donors (Lipinski definition) is 2. The lowest BCUT2D eigenvalue weighted by atomic mass is 9.78. The van der Waals surface area contributed by atoms with Gasteiger partial charge in [0.05, 0.1) is 18.8 Å². The fourth-order valence-electron chi connectivity index (χ4n) is 3.63.